The minimum Gasteiger partial charge on any atom is -0.381 e. The molecule has 1 aromatic carbocycles. The molecule has 2 saturated heterocycles. The molecule has 2 aliphatic rings. The van der Waals surface area contributed by atoms with Crippen molar-refractivity contribution in [2.75, 3.05) is 38.3 Å². The second-order valence-corrected chi connectivity index (χ2v) is 6.63. The first kappa shape index (κ1) is 17.1. The molecule has 2 fully saturated rings. The zero-order valence-corrected chi connectivity index (χ0v) is 14.6. The van der Waals surface area contributed by atoms with Crippen LogP contribution in [0.5, 0.6) is 0 Å². The number of aromatic nitrogens is 1. The van der Waals surface area contributed by atoms with Gasteiger partial charge in [-0.15, -0.1) is 0 Å². The fourth-order valence-electron chi connectivity index (χ4n) is 3.50. The predicted molar refractivity (Wildman–Crippen MR) is 95.0 cm³/mol. The minimum absolute atomic E-state index is 0.105. The van der Waals surface area contributed by atoms with Gasteiger partial charge >= 0.3 is 6.03 Å². The number of ether oxygens (including phenoxy) is 2. The summed E-state index contributed by atoms with van der Waals surface area (Å²) in [6.07, 6.45) is 1.84. The molecule has 2 aromatic rings. The average molecular weight is 357 g/mol. The number of carbonyl (C=O) groups is 1. The van der Waals surface area contributed by atoms with Crippen molar-refractivity contribution in [2.45, 2.75) is 24.8 Å². The number of nitrogens with one attached hydrogen (secondary N) is 1. The molecule has 7 heteroatoms. The molecular weight excluding hydrogens is 334 g/mol. The lowest BCUT2D eigenvalue weighted by atomic mass is 9.98. The van der Waals surface area contributed by atoms with Gasteiger partial charge in [0.1, 0.15) is 5.76 Å². The monoisotopic (exact) mass is 357 g/mol. The predicted octanol–water partition coefficient (Wildman–Crippen LogP) is 3.17. The van der Waals surface area contributed by atoms with Crippen molar-refractivity contribution in [1.29, 1.82) is 0 Å². The van der Waals surface area contributed by atoms with Crippen molar-refractivity contribution < 1.29 is 18.8 Å². The van der Waals surface area contributed by atoms with Gasteiger partial charge in [-0.05, 0) is 18.4 Å². The molecule has 2 amide bonds. The standard InChI is InChI=1S/C19H23N3O4/c23-19(20-18-12-17(26-21-18)15-6-9-24-10-7-15)22-8-11-25-13-16(22)14-4-2-1-3-5-14/h1-5,12,15-16H,6-11,13H2,(H,20,21,23). The maximum absolute atomic E-state index is 12.8. The van der Waals surface area contributed by atoms with Crippen LogP contribution in [0.4, 0.5) is 10.6 Å². The lowest BCUT2D eigenvalue weighted by Gasteiger charge is -2.35. The quantitative estimate of drug-likeness (QED) is 0.913. The SMILES string of the molecule is O=C(Nc1cc(C2CCOCC2)on1)N1CCOCC1c1ccccc1. The molecule has 1 atom stereocenters. The fourth-order valence-corrected chi connectivity index (χ4v) is 3.50. The van der Waals surface area contributed by atoms with Crippen LogP contribution in [0.25, 0.3) is 0 Å². The summed E-state index contributed by atoms with van der Waals surface area (Å²) in [6, 6.07) is 11.5. The zero-order chi connectivity index (χ0) is 17.8. The number of benzene rings is 1. The van der Waals surface area contributed by atoms with Gasteiger partial charge in [0.25, 0.3) is 0 Å². The second-order valence-electron chi connectivity index (χ2n) is 6.63. The van der Waals surface area contributed by atoms with Crippen LogP contribution in [0.3, 0.4) is 0 Å². The van der Waals surface area contributed by atoms with Gasteiger partial charge in [-0.25, -0.2) is 4.79 Å². The molecule has 7 nitrogen and oxygen atoms in total. The number of hydrogen-bond acceptors (Lipinski definition) is 5. The number of rotatable bonds is 3. The van der Waals surface area contributed by atoms with E-state index < -0.39 is 0 Å². The molecule has 1 unspecified atom stereocenters. The Kier molecular flexibility index (Phi) is 5.17. The third-order valence-electron chi connectivity index (χ3n) is 4.96. The van der Waals surface area contributed by atoms with Crippen LogP contribution >= 0.6 is 0 Å². The molecule has 3 heterocycles. The van der Waals surface area contributed by atoms with E-state index in [1.54, 1.807) is 4.90 Å². The molecule has 1 aromatic heterocycles. The van der Waals surface area contributed by atoms with Gasteiger partial charge in [0.2, 0.25) is 0 Å². The highest BCUT2D eigenvalue weighted by atomic mass is 16.5. The maximum atomic E-state index is 12.8. The Hall–Kier alpha value is -2.38. The largest absolute Gasteiger partial charge is 0.381 e. The third kappa shape index (κ3) is 3.73. The highest BCUT2D eigenvalue weighted by molar-refractivity contribution is 5.88. The van der Waals surface area contributed by atoms with Crippen molar-refractivity contribution in [3.63, 3.8) is 0 Å². The molecule has 26 heavy (non-hydrogen) atoms. The summed E-state index contributed by atoms with van der Waals surface area (Å²) in [6.45, 7) is 3.03. The summed E-state index contributed by atoms with van der Waals surface area (Å²) < 4.78 is 16.4. The Morgan fingerprint density at radius 3 is 2.73 bits per heavy atom. The van der Waals surface area contributed by atoms with Crippen LogP contribution < -0.4 is 5.32 Å². The molecule has 4 rings (SSSR count). The summed E-state index contributed by atoms with van der Waals surface area (Å²) in [5, 5.41) is 6.88. The zero-order valence-electron chi connectivity index (χ0n) is 14.6. The van der Waals surface area contributed by atoms with E-state index in [0.717, 1.165) is 37.4 Å². The Morgan fingerprint density at radius 2 is 1.92 bits per heavy atom. The fraction of sp³-hybridized carbons (Fsp3) is 0.474. The molecule has 138 valence electrons. The molecule has 1 N–H and O–H groups in total. The Labute approximate surface area is 152 Å². The van der Waals surface area contributed by atoms with Crippen LogP contribution in [-0.4, -0.2) is 49.1 Å². The van der Waals surface area contributed by atoms with Gasteiger partial charge in [0.05, 0.1) is 19.3 Å². The topological polar surface area (TPSA) is 76.8 Å². The summed E-state index contributed by atoms with van der Waals surface area (Å²) >= 11 is 0. The Morgan fingerprint density at radius 1 is 1.12 bits per heavy atom. The van der Waals surface area contributed by atoms with Crippen LogP contribution in [0, 0.1) is 0 Å². The van der Waals surface area contributed by atoms with Gasteiger partial charge in [-0.1, -0.05) is 35.5 Å². The van der Waals surface area contributed by atoms with Crippen molar-refractivity contribution >= 4 is 11.8 Å². The van der Waals surface area contributed by atoms with Crippen LogP contribution in [0.15, 0.2) is 40.9 Å². The van der Waals surface area contributed by atoms with E-state index >= 15 is 0 Å². The number of nitrogens with zero attached hydrogens (tertiary/aromatic N) is 2. The molecule has 0 radical (unpaired) electrons. The molecule has 0 spiro atoms. The van der Waals surface area contributed by atoms with E-state index in [0.29, 0.717) is 31.5 Å². The first-order valence-electron chi connectivity index (χ1n) is 9.06. The van der Waals surface area contributed by atoms with Gasteiger partial charge in [-0.3, -0.25) is 5.32 Å². The number of urea groups is 1. The number of amides is 2. The van der Waals surface area contributed by atoms with E-state index in [1.165, 1.54) is 0 Å². The van der Waals surface area contributed by atoms with Gasteiger partial charge < -0.3 is 18.9 Å². The summed E-state index contributed by atoms with van der Waals surface area (Å²) in [5.41, 5.74) is 1.06. The third-order valence-corrected chi connectivity index (χ3v) is 4.96. The van der Waals surface area contributed by atoms with E-state index in [1.807, 2.05) is 36.4 Å². The lowest BCUT2D eigenvalue weighted by molar-refractivity contribution is 0.0147. The smallest absolute Gasteiger partial charge is 0.323 e. The Balaban J connectivity index is 1.44. The summed E-state index contributed by atoms with van der Waals surface area (Å²) in [4.78, 5) is 14.6. The van der Waals surface area contributed by atoms with Crippen molar-refractivity contribution in [3.8, 4) is 0 Å². The van der Waals surface area contributed by atoms with Crippen LogP contribution in [-0.2, 0) is 9.47 Å². The Bertz CT molecular complexity index is 727. The lowest BCUT2D eigenvalue weighted by Crippen LogP contribution is -2.45. The van der Waals surface area contributed by atoms with E-state index in [2.05, 4.69) is 10.5 Å². The van der Waals surface area contributed by atoms with E-state index in [4.69, 9.17) is 14.0 Å². The number of morpholine rings is 1. The van der Waals surface area contributed by atoms with Gasteiger partial charge in [0.15, 0.2) is 5.82 Å². The molecule has 0 aliphatic carbocycles. The van der Waals surface area contributed by atoms with Crippen LogP contribution in [0.1, 0.15) is 36.1 Å². The molecule has 0 bridgehead atoms. The molecule has 0 saturated carbocycles. The first-order chi connectivity index (χ1) is 12.8. The molecular formula is C19H23N3O4. The van der Waals surface area contributed by atoms with E-state index in [9.17, 15) is 4.79 Å². The van der Waals surface area contributed by atoms with Crippen LogP contribution in [0.2, 0.25) is 0 Å². The van der Waals surface area contributed by atoms with Gasteiger partial charge in [0, 0.05) is 31.7 Å². The minimum atomic E-state index is -0.186. The normalized spacial score (nSPS) is 21.5. The highest BCUT2D eigenvalue weighted by Gasteiger charge is 2.29. The van der Waals surface area contributed by atoms with Gasteiger partial charge in [-0.2, -0.15) is 0 Å². The van der Waals surface area contributed by atoms with Crippen molar-refractivity contribution in [2.24, 2.45) is 0 Å². The number of carbonyl (C=O) groups excluding carboxylic acids is 1. The maximum Gasteiger partial charge on any atom is 0.323 e. The summed E-state index contributed by atoms with van der Waals surface area (Å²) in [7, 11) is 0. The summed E-state index contributed by atoms with van der Waals surface area (Å²) in [5.74, 6) is 1.57. The number of anilines is 1. The van der Waals surface area contributed by atoms with E-state index in [-0.39, 0.29) is 12.1 Å². The number of hydrogen-bond donors (Lipinski definition) is 1. The highest BCUT2D eigenvalue weighted by Crippen LogP contribution is 2.29. The van der Waals surface area contributed by atoms with Crippen molar-refractivity contribution in [1.82, 2.24) is 10.1 Å². The second kappa shape index (κ2) is 7.88. The average Bonchev–Trinajstić information content (AvgIpc) is 3.18. The molecule has 2 aliphatic heterocycles. The van der Waals surface area contributed by atoms with Crippen molar-refractivity contribution in [3.05, 3.63) is 47.7 Å². The first-order valence-corrected chi connectivity index (χ1v) is 9.06.